The highest BCUT2D eigenvalue weighted by molar-refractivity contribution is 9.10. The topological polar surface area (TPSA) is 39.1 Å². The lowest BCUT2D eigenvalue weighted by molar-refractivity contribution is 0.0994. The van der Waals surface area contributed by atoms with E-state index in [-0.39, 0.29) is 12.1 Å². The Bertz CT molecular complexity index is 354. The van der Waals surface area contributed by atoms with Crippen molar-refractivity contribution in [1.29, 1.82) is 0 Å². The molecule has 18 heavy (non-hydrogen) atoms. The van der Waals surface area contributed by atoms with Gasteiger partial charge in [0.05, 0.1) is 28.5 Å². The molecular weight excluding hydrogens is 294 g/mol. The normalized spacial score (nSPS) is 14.7. The van der Waals surface area contributed by atoms with E-state index in [1.807, 2.05) is 6.20 Å². The molecule has 4 nitrogen and oxygen atoms in total. The molecule has 0 aliphatic heterocycles. The first-order chi connectivity index (χ1) is 8.63. The van der Waals surface area contributed by atoms with Crippen molar-refractivity contribution >= 4 is 15.9 Å². The van der Waals surface area contributed by atoms with Gasteiger partial charge in [0.25, 0.3) is 0 Å². The molecule has 0 saturated carbocycles. The van der Waals surface area contributed by atoms with Crippen molar-refractivity contribution in [2.75, 3.05) is 13.7 Å². The van der Waals surface area contributed by atoms with E-state index in [9.17, 15) is 0 Å². The van der Waals surface area contributed by atoms with Gasteiger partial charge in [-0.2, -0.15) is 5.10 Å². The lowest BCUT2D eigenvalue weighted by Gasteiger charge is -2.22. The fourth-order valence-corrected chi connectivity index (χ4v) is 2.65. The molecular formula is C13H24BrN3O. The summed E-state index contributed by atoms with van der Waals surface area (Å²) < 4.78 is 8.54. The van der Waals surface area contributed by atoms with Gasteiger partial charge >= 0.3 is 0 Å². The molecule has 0 amide bonds. The van der Waals surface area contributed by atoms with Crippen LogP contribution in [0.1, 0.15) is 45.3 Å². The number of hydrogen-bond acceptors (Lipinski definition) is 3. The zero-order chi connectivity index (χ0) is 13.5. The van der Waals surface area contributed by atoms with Crippen LogP contribution in [-0.2, 0) is 11.3 Å². The molecule has 0 fully saturated rings. The van der Waals surface area contributed by atoms with Crippen LogP contribution in [-0.4, -0.2) is 29.5 Å². The van der Waals surface area contributed by atoms with E-state index in [0.717, 1.165) is 30.4 Å². The molecule has 5 heteroatoms. The number of rotatable bonds is 8. The van der Waals surface area contributed by atoms with Gasteiger partial charge in [0, 0.05) is 13.7 Å². The minimum Gasteiger partial charge on any atom is -0.382 e. The zero-order valence-corrected chi connectivity index (χ0v) is 13.3. The average Bonchev–Trinajstić information content (AvgIpc) is 2.70. The summed E-state index contributed by atoms with van der Waals surface area (Å²) in [4.78, 5) is 0. The van der Waals surface area contributed by atoms with Gasteiger partial charge in [0.2, 0.25) is 0 Å². The summed E-state index contributed by atoms with van der Waals surface area (Å²) in [6.45, 7) is 8.27. The highest BCUT2D eigenvalue weighted by atomic mass is 79.9. The van der Waals surface area contributed by atoms with Gasteiger partial charge in [-0.25, -0.2) is 0 Å². The van der Waals surface area contributed by atoms with E-state index in [1.54, 1.807) is 7.11 Å². The van der Waals surface area contributed by atoms with Gasteiger partial charge in [-0.15, -0.1) is 0 Å². The quantitative estimate of drug-likeness (QED) is 0.800. The number of methoxy groups -OCH3 is 1. The van der Waals surface area contributed by atoms with Crippen LogP contribution in [0.4, 0.5) is 0 Å². The van der Waals surface area contributed by atoms with Crippen molar-refractivity contribution in [1.82, 2.24) is 15.1 Å². The van der Waals surface area contributed by atoms with Crippen molar-refractivity contribution < 1.29 is 4.74 Å². The van der Waals surface area contributed by atoms with Gasteiger partial charge in [0.15, 0.2) is 0 Å². The van der Waals surface area contributed by atoms with Crippen LogP contribution in [0.2, 0.25) is 0 Å². The molecule has 0 saturated heterocycles. The Morgan fingerprint density at radius 2 is 2.22 bits per heavy atom. The number of halogens is 1. The van der Waals surface area contributed by atoms with E-state index in [1.165, 1.54) is 5.69 Å². The third-order valence-corrected chi connectivity index (χ3v) is 3.63. The van der Waals surface area contributed by atoms with E-state index in [0.29, 0.717) is 0 Å². The molecule has 0 aliphatic rings. The molecule has 0 radical (unpaired) electrons. The molecule has 1 N–H and O–H groups in total. The molecule has 0 bridgehead atoms. The Hall–Kier alpha value is -0.390. The number of hydrogen-bond donors (Lipinski definition) is 1. The number of aromatic nitrogens is 2. The molecule has 0 aliphatic carbocycles. The van der Waals surface area contributed by atoms with Gasteiger partial charge in [-0.3, -0.25) is 4.68 Å². The minimum atomic E-state index is 0.228. The Morgan fingerprint density at radius 1 is 1.50 bits per heavy atom. The predicted molar refractivity (Wildman–Crippen MR) is 77.7 cm³/mol. The first-order valence-corrected chi connectivity index (χ1v) is 7.40. The summed E-state index contributed by atoms with van der Waals surface area (Å²) in [6.07, 6.45) is 4.14. The first kappa shape index (κ1) is 15.7. The molecule has 0 aromatic carbocycles. The monoisotopic (exact) mass is 317 g/mol. The summed E-state index contributed by atoms with van der Waals surface area (Å²) in [5, 5.41) is 7.95. The van der Waals surface area contributed by atoms with Crippen molar-refractivity contribution in [2.24, 2.45) is 0 Å². The second-order valence-corrected chi connectivity index (χ2v) is 5.35. The van der Waals surface area contributed by atoms with Gasteiger partial charge < -0.3 is 10.1 Å². The van der Waals surface area contributed by atoms with Crippen LogP contribution in [0.15, 0.2) is 10.7 Å². The Balaban J connectivity index is 2.92. The van der Waals surface area contributed by atoms with Crippen molar-refractivity contribution in [3.05, 3.63) is 16.4 Å². The lowest BCUT2D eigenvalue weighted by atomic mass is 10.1. The molecule has 1 rings (SSSR count). The van der Waals surface area contributed by atoms with E-state index in [4.69, 9.17) is 4.74 Å². The zero-order valence-electron chi connectivity index (χ0n) is 11.7. The van der Waals surface area contributed by atoms with Gasteiger partial charge in [0.1, 0.15) is 0 Å². The summed E-state index contributed by atoms with van der Waals surface area (Å²) in [6, 6.07) is 0.272. The fraction of sp³-hybridized carbons (Fsp3) is 0.769. The Morgan fingerprint density at radius 3 is 2.78 bits per heavy atom. The van der Waals surface area contributed by atoms with Gasteiger partial charge in [-0.1, -0.05) is 13.8 Å². The van der Waals surface area contributed by atoms with Crippen LogP contribution >= 0.6 is 15.9 Å². The minimum absolute atomic E-state index is 0.228. The Kier molecular flexibility index (Phi) is 6.89. The average molecular weight is 318 g/mol. The fourth-order valence-electron chi connectivity index (χ4n) is 2.07. The largest absolute Gasteiger partial charge is 0.382 e. The predicted octanol–water partition coefficient (Wildman–Crippen LogP) is 3.13. The van der Waals surface area contributed by atoms with Gasteiger partial charge in [-0.05, 0) is 42.2 Å². The maximum atomic E-state index is 5.38. The van der Waals surface area contributed by atoms with Crippen molar-refractivity contribution in [3.8, 4) is 0 Å². The highest BCUT2D eigenvalue weighted by Gasteiger charge is 2.21. The summed E-state index contributed by atoms with van der Waals surface area (Å²) >= 11 is 3.61. The second-order valence-electron chi connectivity index (χ2n) is 4.49. The SMILES string of the molecule is CCCn1ncc(Br)c1C(CC(C)OC)NCC. The summed E-state index contributed by atoms with van der Waals surface area (Å²) in [7, 11) is 1.76. The van der Waals surface area contributed by atoms with E-state index < -0.39 is 0 Å². The third-order valence-electron chi connectivity index (χ3n) is 3.02. The molecule has 1 heterocycles. The second kappa shape index (κ2) is 7.92. The molecule has 2 atom stereocenters. The molecule has 2 unspecified atom stereocenters. The maximum absolute atomic E-state index is 5.38. The molecule has 0 spiro atoms. The van der Waals surface area contributed by atoms with Crippen LogP contribution in [0.25, 0.3) is 0 Å². The highest BCUT2D eigenvalue weighted by Crippen LogP contribution is 2.27. The summed E-state index contributed by atoms with van der Waals surface area (Å²) in [5.41, 5.74) is 1.22. The smallest absolute Gasteiger partial charge is 0.0696 e. The lowest BCUT2D eigenvalue weighted by Crippen LogP contribution is -2.27. The van der Waals surface area contributed by atoms with Crippen molar-refractivity contribution in [3.63, 3.8) is 0 Å². The molecule has 1 aromatic heterocycles. The van der Waals surface area contributed by atoms with Crippen LogP contribution < -0.4 is 5.32 Å². The first-order valence-electron chi connectivity index (χ1n) is 6.61. The number of aryl methyl sites for hydroxylation is 1. The number of ether oxygens (including phenoxy) is 1. The van der Waals surface area contributed by atoms with Crippen molar-refractivity contribution in [2.45, 2.75) is 52.3 Å². The molecule has 1 aromatic rings. The maximum Gasteiger partial charge on any atom is 0.0696 e. The van der Waals surface area contributed by atoms with E-state index >= 15 is 0 Å². The standard InChI is InChI=1S/C13H24BrN3O/c1-5-7-17-13(11(14)9-16-17)12(15-6-2)8-10(3)18-4/h9-10,12,15H,5-8H2,1-4H3. The molecule has 104 valence electrons. The van der Waals surface area contributed by atoms with E-state index in [2.05, 4.69) is 51.8 Å². The summed E-state index contributed by atoms with van der Waals surface area (Å²) in [5.74, 6) is 0. The number of nitrogens with zero attached hydrogens (tertiary/aromatic N) is 2. The van der Waals surface area contributed by atoms with Crippen LogP contribution in [0, 0.1) is 0 Å². The number of nitrogens with one attached hydrogen (secondary N) is 1. The van der Waals surface area contributed by atoms with Crippen LogP contribution in [0.3, 0.4) is 0 Å². The Labute approximate surface area is 118 Å². The third kappa shape index (κ3) is 4.07. The van der Waals surface area contributed by atoms with Crippen LogP contribution in [0.5, 0.6) is 0 Å².